The first kappa shape index (κ1) is 17.5. The van der Waals surface area contributed by atoms with Gasteiger partial charge in [-0.15, -0.1) is 0 Å². The summed E-state index contributed by atoms with van der Waals surface area (Å²) in [5, 5.41) is 3.75. The number of fused-ring (bicyclic) bond motifs is 1. The van der Waals surface area contributed by atoms with Crippen LogP contribution in [-0.2, 0) is 0 Å². The number of amides is 1. The molecule has 0 saturated heterocycles. The van der Waals surface area contributed by atoms with E-state index in [0.717, 1.165) is 16.8 Å². The molecular weight excluding hydrogens is 334 g/mol. The van der Waals surface area contributed by atoms with E-state index < -0.39 is 0 Å². The van der Waals surface area contributed by atoms with Crippen molar-refractivity contribution in [1.82, 2.24) is 10.3 Å². The Balaban J connectivity index is 2.07. The molecule has 0 aliphatic carbocycles. The van der Waals surface area contributed by atoms with Gasteiger partial charge in [0.05, 0.1) is 6.20 Å². The van der Waals surface area contributed by atoms with E-state index in [9.17, 15) is 4.79 Å². The second-order valence-electron chi connectivity index (χ2n) is 7.38. The number of nitrogens with one attached hydrogen (secondary N) is 2. The van der Waals surface area contributed by atoms with Gasteiger partial charge in [0.15, 0.2) is 11.2 Å². The maximum absolute atomic E-state index is 12.8. The summed E-state index contributed by atoms with van der Waals surface area (Å²) in [6.07, 6.45) is 1.89. The number of pyridine rings is 1. The topological polar surface area (TPSA) is 49.0 Å². The molecule has 0 aliphatic rings. The molecule has 1 amide bonds. The van der Waals surface area contributed by atoms with Crippen LogP contribution in [0.15, 0.2) is 48.7 Å². The number of H-pyrrole nitrogens is 1. The van der Waals surface area contributed by atoms with Crippen LogP contribution in [0.5, 0.6) is 0 Å². The van der Waals surface area contributed by atoms with Crippen molar-refractivity contribution in [1.29, 1.82) is 0 Å². The summed E-state index contributed by atoms with van der Waals surface area (Å²) < 4.78 is 1.88. The fourth-order valence-electron chi connectivity index (χ4n) is 2.60. The van der Waals surface area contributed by atoms with Crippen molar-refractivity contribution >= 4 is 23.0 Å². The van der Waals surface area contributed by atoms with Crippen molar-refractivity contribution in [3.63, 3.8) is 0 Å². The maximum Gasteiger partial charge on any atom is 0.351 e. The van der Waals surface area contributed by atoms with Gasteiger partial charge in [-0.1, -0.05) is 50.6 Å². The van der Waals surface area contributed by atoms with Gasteiger partial charge >= 0.3 is 11.7 Å². The van der Waals surface area contributed by atoms with E-state index in [4.69, 9.17) is 11.6 Å². The molecule has 1 unspecified atom stereocenters. The number of benzene rings is 1. The quantitative estimate of drug-likeness (QED) is 0.677. The van der Waals surface area contributed by atoms with Crippen LogP contribution in [0.1, 0.15) is 38.3 Å². The Hall–Kier alpha value is -2.33. The standard InChI is InChI=1S/C20H22ClN3O/c1-13(20(2,3)4)22-19(25)18-23-17(14-8-7-9-15(21)12-14)16-10-5-6-11-24(16)18/h5-13H,1-4H3,(H,22,25)/p+1. The minimum Gasteiger partial charge on any atom is -0.343 e. The summed E-state index contributed by atoms with van der Waals surface area (Å²) in [5.74, 6) is 0.374. The smallest absolute Gasteiger partial charge is 0.343 e. The van der Waals surface area contributed by atoms with Crippen LogP contribution in [0.2, 0.25) is 5.02 Å². The molecule has 2 heterocycles. The van der Waals surface area contributed by atoms with E-state index in [1.165, 1.54) is 0 Å². The predicted octanol–water partition coefficient (Wildman–Crippen LogP) is 4.24. The fraction of sp³-hybridized carbons (Fsp3) is 0.300. The summed E-state index contributed by atoms with van der Waals surface area (Å²) >= 11 is 6.13. The molecule has 1 atom stereocenters. The Morgan fingerprint density at radius 1 is 1.20 bits per heavy atom. The Morgan fingerprint density at radius 2 is 1.96 bits per heavy atom. The molecular formula is C20H23ClN3O+. The van der Waals surface area contributed by atoms with Gasteiger partial charge in [-0.05, 0) is 36.6 Å². The third-order valence-electron chi connectivity index (χ3n) is 4.58. The SMILES string of the molecule is CC(NC(=O)c1[nH]c(-c2cccc(Cl)c2)c2cccc[n+]12)C(C)(C)C. The Labute approximate surface area is 152 Å². The number of carbonyl (C=O) groups is 1. The maximum atomic E-state index is 12.8. The molecule has 3 aromatic rings. The lowest BCUT2D eigenvalue weighted by Crippen LogP contribution is -2.44. The van der Waals surface area contributed by atoms with Crippen molar-refractivity contribution in [2.24, 2.45) is 5.41 Å². The average Bonchev–Trinajstić information content (AvgIpc) is 2.93. The third kappa shape index (κ3) is 3.54. The molecule has 4 nitrogen and oxygen atoms in total. The molecule has 0 spiro atoms. The summed E-state index contributed by atoms with van der Waals surface area (Å²) in [6.45, 7) is 8.34. The van der Waals surface area contributed by atoms with E-state index >= 15 is 0 Å². The third-order valence-corrected chi connectivity index (χ3v) is 4.81. The van der Waals surface area contributed by atoms with Crippen molar-refractivity contribution in [3.8, 4) is 11.3 Å². The predicted molar refractivity (Wildman–Crippen MR) is 101 cm³/mol. The van der Waals surface area contributed by atoms with Gasteiger partial charge in [-0.25, -0.2) is 4.98 Å². The highest BCUT2D eigenvalue weighted by atomic mass is 35.5. The Morgan fingerprint density at radius 3 is 2.64 bits per heavy atom. The number of halogens is 1. The lowest BCUT2D eigenvalue weighted by Gasteiger charge is -2.27. The van der Waals surface area contributed by atoms with Crippen molar-refractivity contribution < 1.29 is 9.20 Å². The first-order valence-electron chi connectivity index (χ1n) is 8.36. The second-order valence-corrected chi connectivity index (χ2v) is 7.81. The molecule has 3 rings (SSSR count). The van der Waals surface area contributed by atoms with Crippen LogP contribution in [0, 0.1) is 5.41 Å². The van der Waals surface area contributed by atoms with Gasteiger partial charge in [0.25, 0.3) is 0 Å². The minimum absolute atomic E-state index is 0.0154. The molecule has 0 aliphatic heterocycles. The van der Waals surface area contributed by atoms with Crippen molar-refractivity contribution in [2.75, 3.05) is 0 Å². The first-order chi connectivity index (χ1) is 11.8. The monoisotopic (exact) mass is 356 g/mol. The molecule has 130 valence electrons. The minimum atomic E-state index is -0.128. The van der Waals surface area contributed by atoms with Crippen LogP contribution in [0.25, 0.3) is 16.8 Å². The molecule has 25 heavy (non-hydrogen) atoms. The van der Waals surface area contributed by atoms with Crippen LogP contribution in [-0.4, -0.2) is 16.9 Å². The largest absolute Gasteiger partial charge is 0.351 e. The zero-order valence-corrected chi connectivity index (χ0v) is 15.7. The van der Waals surface area contributed by atoms with Crippen molar-refractivity contribution in [2.45, 2.75) is 33.7 Å². The zero-order valence-electron chi connectivity index (χ0n) is 14.9. The van der Waals surface area contributed by atoms with Gasteiger partial charge in [0, 0.05) is 16.6 Å². The van der Waals surface area contributed by atoms with Gasteiger partial charge < -0.3 is 5.32 Å². The number of aromatic nitrogens is 2. The number of carbonyl (C=O) groups excluding carboxylic acids is 1. The molecule has 0 saturated carbocycles. The average molecular weight is 357 g/mol. The number of aromatic amines is 1. The number of nitrogens with zero attached hydrogens (tertiary/aromatic N) is 1. The molecule has 2 aromatic heterocycles. The molecule has 0 fully saturated rings. The molecule has 0 bridgehead atoms. The van der Waals surface area contributed by atoms with Crippen LogP contribution in [0.3, 0.4) is 0 Å². The van der Waals surface area contributed by atoms with E-state index in [1.807, 2.05) is 60.0 Å². The molecule has 5 heteroatoms. The lowest BCUT2D eigenvalue weighted by molar-refractivity contribution is -0.514. The highest BCUT2D eigenvalue weighted by molar-refractivity contribution is 6.30. The van der Waals surface area contributed by atoms with Gasteiger partial charge in [-0.2, -0.15) is 4.40 Å². The van der Waals surface area contributed by atoms with E-state index in [1.54, 1.807) is 0 Å². The van der Waals surface area contributed by atoms with Gasteiger partial charge in [0.2, 0.25) is 0 Å². The summed E-state index contributed by atoms with van der Waals surface area (Å²) in [5.41, 5.74) is 2.73. The molecule has 1 aromatic carbocycles. The number of hydrogen-bond acceptors (Lipinski definition) is 1. The number of rotatable bonds is 3. The lowest BCUT2D eigenvalue weighted by atomic mass is 9.88. The fourth-order valence-corrected chi connectivity index (χ4v) is 2.79. The van der Waals surface area contributed by atoms with Crippen LogP contribution < -0.4 is 9.72 Å². The highest BCUT2D eigenvalue weighted by Crippen LogP contribution is 2.25. The van der Waals surface area contributed by atoms with E-state index in [-0.39, 0.29) is 17.4 Å². The number of hydrogen-bond donors (Lipinski definition) is 2. The van der Waals surface area contributed by atoms with Gasteiger partial charge in [-0.3, -0.25) is 4.79 Å². The number of imidazole rings is 1. The summed E-state index contributed by atoms with van der Waals surface area (Å²) in [6, 6.07) is 13.5. The van der Waals surface area contributed by atoms with E-state index in [2.05, 4.69) is 31.1 Å². The molecule has 2 N–H and O–H groups in total. The van der Waals surface area contributed by atoms with E-state index in [0.29, 0.717) is 10.8 Å². The first-order valence-corrected chi connectivity index (χ1v) is 8.74. The Bertz CT molecular complexity index is 924. The molecule has 0 radical (unpaired) electrons. The van der Waals surface area contributed by atoms with Crippen molar-refractivity contribution in [3.05, 3.63) is 59.5 Å². The summed E-state index contributed by atoms with van der Waals surface area (Å²) in [4.78, 5) is 16.1. The highest BCUT2D eigenvalue weighted by Gasteiger charge is 2.29. The second kappa shape index (κ2) is 6.52. The van der Waals surface area contributed by atoms with Gasteiger partial charge in [0.1, 0.15) is 0 Å². The van der Waals surface area contributed by atoms with Crippen LogP contribution in [0.4, 0.5) is 0 Å². The summed E-state index contributed by atoms with van der Waals surface area (Å²) in [7, 11) is 0. The zero-order chi connectivity index (χ0) is 18.2. The Kier molecular flexibility index (Phi) is 4.56. The normalized spacial score (nSPS) is 13.0. The van der Waals surface area contributed by atoms with Crippen LogP contribution >= 0.6 is 11.6 Å².